The van der Waals surface area contributed by atoms with Crippen LogP contribution in [0.2, 0.25) is 5.02 Å². The first-order valence-corrected chi connectivity index (χ1v) is 6.66. The number of methoxy groups -OCH3 is 1. The molecule has 1 atom stereocenters. The summed E-state index contributed by atoms with van der Waals surface area (Å²) in [6, 6.07) is 6.17. The third-order valence-electron chi connectivity index (χ3n) is 2.67. The van der Waals surface area contributed by atoms with Crippen LogP contribution in [0.5, 0.6) is 5.75 Å². The lowest BCUT2D eigenvalue weighted by molar-refractivity contribution is 0.416. The number of hydrogen-bond donors (Lipinski definition) is 1. The first kappa shape index (κ1) is 13.3. The molecule has 0 spiro atoms. The molecule has 0 bridgehead atoms. The van der Waals surface area contributed by atoms with Gasteiger partial charge >= 0.3 is 0 Å². The van der Waals surface area contributed by atoms with Crippen molar-refractivity contribution >= 4 is 22.9 Å². The summed E-state index contributed by atoms with van der Waals surface area (Å²) in [5, 5.41) is 5.60. The summed E-state index contributed by atoms with van der Waals surface area (Å²) in [6.45, 7) is 0. The van der Waals surface area contributed by atoms with E-state index in [-0.39, 0.29) is 11.9 Å². The largest absolute Gasteiger partial charge is 0.496 e. The van der Waals surface area contributed by atoms with Crippen molar-refractivity contribution in [2.45, 2.75) is 6.04 Å². The Morgan fingerprint density at radius 3 is 2.78 bits per heavy atom. The van der Waals surface area contributed by atoms with Gasteiger partial charge in [0.05, 0.1) is 13.2 Å². The van der Waals surface area contributed by atoms with Gasteiger partial charge < -0.3 is 10.1 Å². The lowest BCUT2D eigenvalue weighted by Gasteiger charge is -2.16. The molecule has 1 aromatic heterocycles. The van der Waals surface area contributed by atoms with Crippen molar-refractivity contribution in [1.29, 1.82) is 0 Å². The summed E-state index contributed by atoms with van der Waals surface area (Å²) < 4.78 is 18.5. The number of nitrogens with one attached hydrogen (secondary N) is 1. The van der Waals surface area contributed by atoms with Gasteiger partial charge in [0, 0.05) is 15.3 Å². The maximum Gasteiger partial charge on any atom is 0.129 e. The topological polar surface area (TPSA) is 21.3 Å². The number of ether oxygens (including phenoxy) is 1. The van der Waals surface area contributed by atoms with E-state index >= 15 is 0 Å². The minimum absolute atomic E-state index is 0.137. The second-order valence-electron chi connectivity index (χ2n) is 3.78. The van der Waals surface area contributed by atoms with Gasteiger partial charge in [0.15, 0.2) is 0 Å². The minimum atomic E-state index is -0.293. The third kappa shape index (κ3) is 2.66. The zero-order valence-electron chi connectivity index (χ0n) is 10.0. The van der Waals surface area contributed by atoms with Crippen LogP contribution in [0.3, 0.4) is 0 Å². The Bertz CT molecular complexity index is 544. The van der Waals surface area contributed by atoms with E-state index in [1.165, 1.54) is 12.1 Å². The molecule has 2 aromatic rings. The maximum absolute atomic E-state index is 13.3. The number of benzene rings is 1. The Hall–Kier alpha value is -1.10. The van der Waals surface area contributed by atoms with E-state index in [4.69, 9.17) is 16.3 Å². The molecule has 0 radical (unpaired) electrons. The second kappa shape index (κ2) is 5.69. The van der Waals surface area contributed by atoms with Crippen molar-refractivity contribution in [2.24, 2.45) is 0 Å². The monoisotopic (exact) mass is 285 g/mol. The van der Waals surface area contributed by atoms with Gasteiger partial charge in [-0.1, -0.05) is 11.6 Å². The quantitative estimate of drug-likeness (QED) is 0.921. The van der Waals surface area contributed by atoms with Gasteiger partial charge in [-0.05, 0) is 36.9 Å². The van der Waals surface area contributed by atoms with Crippen molar-refractivity contribution in [1.82, 2.24) is 5.32 Å². The smallest absolute Gasteiger partial charge is 0.129 e. The molecule has 2 nitrogen and oxygen atoms in total. The molecule has 96 valence electrons. The van der Waals surface area contributed by atoms with E-state index in [1.807, 2.05) is 18.5 Å². The van der Waals surface area contributed by atoms with Gasteiger partial charge in [-0.15, -0.1) is 11.3 Å². The van der Waals surface area contributed by atoms with Gasteiger partial charge in [-0.2, -0.15) is 0 Å². The fourth-order valence-electron chi connectivity index (χ4n) is 1.78. The standard InChI is InChI=1S/C13H13ClFNOS/c1-16-13(12-6-9(17-2)7-18-12)10-5-8(15)3-4-11(10)14/h3-7,13,16H,1-2H3. The van der Waals surface area contributed by atoms with Crippen LogP contribution in [0.1, 0.15) is 16.5 Å². The highest BCUT2D eigenvalue weighted by molar-refractivity contribution is 7.10. The summed E-state index contributed by atoms with van der Waals surface area (Å²) in [5.74, 6) is 0.501. The minimum Gasteiger partial charge on any atom is -0.496 e. The Balaban J connectivity index is 2.41. The van der Waals surface area contributed by atoms with Crippen LogP contribution in [-0.4, -0.2) is 14.2 Å². The molecule has 1 heterocycles. The van der Waals surface area contributed by atoms with Crippen LogP contribution in [0.15, 0.2) is 29.6 Å². The summed E-state index contributed by atoms with van der Waals surface area (Å²) in [4.78, 5) is 1.03. The molecule has 0 amide bonds. The molecule has 0 saturated heterocycles. The Morgan fingerprint density at radius 1 is 1.39 bits per heavy atom. The van der Waals surface area contributed by atoms with Crippen LogP contribution in [0.25, 0.3) is 0 Å². The molecule has 0 aliphatic carbocycles. The van der Waals surface area contributed by atoms with E-state index in [9.17, 15) is 4.39 Å². The lowest BCUT2D eigenvalue weighted by atomic mass is 10.1. The van der Waals surface area contributed by atoms with Crippen LogP contribution in [0.4, 0.5) is 4.39 Å². The average Bonchev–Trinajstić information content (AvgIpc) is 2.83. The van der Waals surface area contributed by atoms with Crippen LogP contribution < -0.4 is 10.1 Å². The molecule has 1 unspecified atom stereocenters. The van der Waals surface area contributed by atoms with E-state index in [0.717, 1.165) is 16.2 Å². The fraction of sp³-hybridized carbons (Fsp3) is 0.231. The molecule has 0 saturated carbocycles. The first-order valence-electron chi connectivity index (χ1n) is 5.40. The van der Waals surface area contributed by atoms with Gasteiger partial charge in [0.25, 0.3) is 0 Å². The van der Waals surface area contributed by atoms with Crippen molar-refractivity contribution in [2.75, 3.05) is 14.2 Å². The van der Waals surface area contributed by atoms with Gasteiger partial charge in [-0.3, -0.25) is 0 Å². The van der Waals surface area contributed by atoms with Gasteiger partial charge in [0.1, 0.15) is 11.6 Å². The van der Waals surface area contributed by atoms with Gasteiger partial charge in [-0.25, -0.2) is 4.39 Å². The summed E-state index contributed by atoms with van der Waals surface area (Å²) in [6.07, 6.45) is 0. The maximum atomic E-state index is 13.3. The number of thiophene rings is 1. The van der Waals surface area contributed by atoms with Crippen LogP contribution in [0, 0.1) is 5.82 Å². The molecular weight excluding hydrogens is 273 g/mol. The molecule has 0 aliphatic heterocycles. The molecule has 2 rings (SSSR count). The summed E-state index contributed by atoms with van der Waals surface area (Å²) in [5.41, 5.74) is 0.726. The average molecular weight is 286 g/mol. The van der Waals surface area contributed by atoms with E-state index in [2.05, 4.69) is 5.32 Å². The van der Waals surface area contributed by atoms with E-state index in [0.29, 0.717) is 5.02 Å². The summed E-state index contributed by atoms with van der Waals surface area (Å²) in [7, 11) is 3.44. The van der Waals surface area contributed by atoms with Crippen molar-refractivity contribution < 1.29 is 9.13 Å². The fourth-order valence-corrected chi connectivity index (χ4v) is 2.99. The van der Waals surface area contributed by atoms with Crippen molar-refractivity contribution in [3.8, 4) is 5.75 Å². The molecule has 1 aromatic carbocycles. The second-order valence-corrected chi connectivity index (χ2v) is 5.13. The number of hydrogen-bond acceptors (Lipinski definition) is 3. The molecular formula is C13H13ClFNOS. The molecule has 0 aliphatic rings. The predicted octanol–water partition coefficient (Wildman–Crippen LogP) is 3.86. The van der Waals surface area contributed by atoms with Crippen LogP contribution in [-0.2, 0) is 0 Å². The molecule has 5 heteroatoms. The normalized spacial score (nSPS) is 12.4. The Kier molecular flexibility index (Phi) is 4.22. The van der Waals surface area contributed by atoms with E-state index in [1.54, 1.807) is 24.5 Å². The number of halogens is 2. The van der Waals surface area contributed by atoms with Crippen LogP contribution >= 0.6 is 22.9 Å². The first-order chi connectivity index (χ1) is 8.65. The van der Waals surface area contributed by atoms with E-state index < -0.39 is 0 Å². The highest BCUT2D eigenvalue weighted by Crippen LogP contribution is 2.34. The lowest BCUT2D eigenvalue weighted by Crippen LogP contribution is -2.17. The van der Waals surface area contributed by atoms with Crippen molar-refractivity contribution in [3.63, 3.8) is 0 Å². The summed E-state index contributed by atoms with van der Waals surface area (Å²) >= 11 is 7.67. The molecule has 0 fully saturated rings. The zero-order chi connectivity index (χ0) is 13.1. The third-order valence-corrected chi connectivity index (χ3v) is 3.99. The number of rotatable bonds is 4. The highest BCUT2D eigenvalue weighted by Gasteiger charge is 2.18. The molecule has 18 heavy (non-hydrogen) atoms. The van der Waals surface area contributed by atoms with Crippen molar-refractivity contribution in [3.05, 3.63) is 50.9 Å². The van der Waals surface area contributed by atoms with Gasteiger partial charge in [0.2, 0.25) is 0 Å². The highest BCUT2D eigenvalue weighted by atomic mass is 35.5. The SMILES string of the molecule is CNC(c1cc(OC)cs1)c1cc(F)ccc1Cl. The predicted molar refractivity (Wildman–Crippen MR) is 73.2 cm³/mol. The molecule has 1 N–H and O–H groups in total. The Morgan fingerprint density at radius 2 is 2.17 bits per heavy atom. The zero-order valence-corrected chi connectivity index (χ0v) is 11.6. The Labute approximate surface area is 114 Å².